The van der Waals surface area contributed by atoms with Gasteiger partial charge in [0.05, 0.1) is 0 Å². The van der Waals surface area contributed by atoms with E-state index in [1.165, 1.54) is 5.56 Å². The monoisotopic (exact) mass is 482 g/mol. The number of carbonyl (C=O) groups excluding carboxylic acids is 2. The van der Waals surface area contributed by atoms with Crippen molar-refractivity contribution >= 4 is 23.0 Å². The van der Waals surface area contributed by atoms with Crippen molar-refractivity contribution < 1.29 is 38.1 Å². The number of hydrogen-bond acceptors (Lipinski definition) is 3. The molecular weight excluding hydrogens is 463 g/mol. The number of halogens is 1. The molecule has 2 aromatic carbocycles. The van der Waals surface area contributed by atoms with Gasteiger partial charge in [0.2, 0.25) is 5.78 Å². The second kappa shape index (κ2) is 8.48. The van der Waals surface area contributed by atoms with Crippen LogP contribution in [0.2, 0.25) is 0 Å². The van der Waals surface area contributed by atoms with Crippen molar-refractivity contribution in [1.29, 1.82) is 0 Å². The van der Waals surface area contributed by atoms with Crippen LogP contribution in [0.1, 0.15) is 33.2 Å². The lowest BCUT2D eigenvalue weighted by Crippen LogP contribution is -3.00. The van der Waals surface area contributed by atoms with E-state index in [9.17, 15) is 9.59 Å². The number of aromatic nitrogens is 1. The first-order valence-corrected chi connectivity index (χ1v) is 8.94. The van der Waals surface area contributed by atoms with Crippen LogP contribution in [0.25, 0.3) is 5.70 Å². The van der Waals surface area contributed by atoms with Crippen LogP contribution in [0.15, 0.2) is 84.8 Å². The van der Waals surface area contributed by atoms with Crippen LogP contribution in [0.3, 0.4) is 0 Å². The van der Waals surface area contributed by atoms with E-state index in [0.29, 0.717) is 22.5 Å². The lowest BCUT2D eigenvalue weighted by Gasteiger charge is -2.18. The van der Waals surface area contributed by atoms with Crippen LogP contribution in [-0.4, -0.2) is 11.6 Å². The van der Waals surface area contributed by atoms with Crippen LogP contribution in [0.4, 0.5) is 5.69 Å². The number of nitrogens with one attached hydrogen (secondary N) is 1. The second-order valence-electron chi connectivity index (χ2n) is 6.39. The minimum atomic E-state index is -0.184. The normalized spacial score (nSPS) is 13.0. The maximum atomic E-state index is 13.2. The third-order valence-electron chi connectivity index (χ3n) is 4.70. The zero-order valence-electron chi connectivity index (χ0n) is 15.4. The Morgan fingerprint density at radius 1 is 0.786 bits per heavy atom. The van der Waals surface area contributed by atoms with E-state index in [1.54, 1.807) is 41.2 Å². The molecule has 1 heterocycles. The molecule has 0 unspecified atom stereocenters. The van der Waals surface area contributed by atoms with Gasteiger partial charge in [-0.3, -0.25) is 9.59 Å². The van der Waals surface area contributed by atoms with Crippen molar-refractivity contribution in [3.8, 4) is 0 Å². The average molecular weight is 482 g/mol. The minimum absolute atomic E-state index is 0. The maximum absolute atomic E-state index is 13.2. The van der Waals surface area contributed by atoms with Gasteiger partial charge in [0.1, 0.15) is 0 Å². The molecule has 0 bridgehead atoms. The first-order chi connectivity index (χ1) is 13.2. The number of aryl methyl sites for hydroxylation is 1. The summed E-state index contributed by atoms with van der Waals surface area (Å²) in [4.78, 5) is 26.4. The summed E-state index contributed by atoms with van der Waals surface area (Å²) in [6.45, 7) is 2.09. The van der Waals surface area contributed by atoms with Crippen LogP contribution in [-0.2, 0) is 6.42 Å². The fourth-order valence-electron chi connectivity index (χ4n) is 3.24. The van der Waals surface area contributed by atoms with Crippen molar-refractivity contribution in [3.63, 3.8) is 0 Å². The van der Waals surface area contributed by atoms with Crippen molar-refractivity contribution in [1.82, 2.24) is 0 Å². The highest BCUT2D eigenvalue weighted by Crippen LogP contribution is 2.27. The molecule has 0 saturated carbocycles. The summed E-state index contributed by atoms with van der Waals surface area (Å²) in [5.74, 6) is -0.356. The van der Waals surface area contributed by atoms with Gasteiger partial charge < -0.3 is 29.3 Å². The number of benzene rings is 2. The zero-order valence-corrected chi connectivity index (χ0v) is 17.5. The molecule has 1 aliphatic carbocycles. The fourth-order valence-corrected chi connectivity index (χ4v) is 3.24. The van der Waals surface area contributed by atoms with E-state index in [2.05, 4.69) is 12.2 Å². The highest BCUT2D eigenvalue weighted by atomic mass is 127. The molecule has 5 heteroatoms. The Morgan fingerprint density at radius 3 is 2.00 bits per heavy atom. The number of hydrogen-bond donors (Lipinski definition) is 1. The number of Topliss-reactive ketones (excluding diaryl/α,β-unsaturated/α-hetero) is 2. The summed E-state index contributed by atoms with van der Waals surface area (Å²) in [6, 6.07) is 20.4. The van der Waals surface area contributed by atoms with Crippen molar-refractivity contribution in [2.75, 3.05) is 5.32 Å². The molecule has 4 rings (SSSR count). The smallest absolute Gasteiger partial charge is 0.286 e. The predicted molar refractivity (Wildman–Crippen MR) is 104 cm³/mol. The lowest BCUT2D eigenvalue weighted by atomic mass is 9.90. The Balaban J connectivity index is 0.00000225. The molecule has 0 amide bonds. The predicted octanol–water partition coefficient (Wildman–Crippen LogP) is 0.900. The fraction of sp³-hybridized carbons (Fsp3) is 0.0870. The molecular formula is C23H19IN2O2. The molecule has 0 spiro atoms. The Kier molecular flexibility index (Phi) is 6.04. The van der Waals surface area contributed by atoms with E-state index in [-0.39, 0.29) is 35.5 Å². The first kappa shape index (κ1) is 19.9. The third-order valence-corrected chi connectivity index (χ3v) is 4.70. The van der Waals surface area contributed by atoms with E-state index in [4.69, 9.17) is 0 Å². The molecule has 0 saturated heterocycles. The number of carbonyl (C=O) groups is 2. The number of ketones is 2. The van der Waals surface area contributed by atoms with Gasteiger partial charge in [0, 0.05) is 28.9 Å². The second-order valence-corrected chi connectivity index (χ2v) is 6.39. The molecule has 140 valence electrons. The standard InChI is InChI=1S/C23H18N2O2.HI/c1-2-16-10-12-17(13-11-16)24-20-21(25-14-6-3-7-15-25)23(27)19-9-5-4-8-18(19)22(20)26;/h3-15H,2H2,1H3;1H. The van der Waals surface area contributed by atoms with Gasteiger partial charge in [0.15, 0.2) is 18.1 Å². The van der Waals surface area contributed by atoms with E-state index in [0.717, 1.165) is 12.1 Å². The quantitative estimate of drug-likeness (QED) is 0.445. The number of rotatable bonds is 4. The molecule has 0 fully saturated rings. The SMILES string of the molecule is CCc1ccc(NC2=C([n+]3ccccc3)C(=O)c3ccccc3C2=O)cc1.[I-]. The van der Waals surface area contributed by atoms with Crippen LogP contribution in [0, 0.1) is 0 Å². The molecule has 0 atom stereocenters. The van der Waals surface area contributed by atoms with Gasteiger partial charge >= 0.3 is 0 Å². The highest BCUT2D eigenvalue weighted by molar-refractivity contribution is 6.36. The first-order valence-electron chi connectivity index (χ1n) is 8.94. The molecule has 4 nitrogen and oxygen atoms in total. The molecule has 0 radical (unpaired) electrons. The van der Waals surface area contributed by atoms with Gasteiger partial charge in [-0.2, -0.15) is 4.57 Å². The van der Waals surface area contributed by atoms with E-state index < -0.39 is 0 Å². The summed E-state index contributed by atoms with van der Waals surface area (Å²) in [7, 11) is 0. The number of nitrogens with zero attached hydrogens (tertiary/aromatic N) is 1. The summed E-state index contributed by atoms with van der Waals surface area (Å²) < 4.78 is 1.69. The van der Waals surface area contributed by atoms with Crippen molar-refractivity contribution in [2.45, 2.75) is 13.3 Å². The number of pyridine rings is 1. The van der Waals surface area contributed by atoms with Gasteiger partial charge in [-0.05, 0) is 24.1 Å². The molecule has 1 N–H and O–H groups in total. The average Bonchev–Trinajstić information content (AvgIpc) is 2.73. The lowest BCUT2D eigenvalue weighted by molar-refractivity contribution is -0.577. The highest BCUT2D eigenvalue weighted by Gasteiger charge is 2.38. The van der Waals surface area contributed by atoms with Gasteiger partial charge in [-0.25, -0.2) is 0 Å². The summed E-state index contributed by atoms with van der Waals surface area (Å²) in [6.07, 6.45) is 4.49. The number of allylic oxidation sites excluding steroid dienone is 2. The van der Waals surface area contributed by atoms with Gasteiger partial charge in [-0.1, -0.05) is 49.4 Å². The maximum Gasteiger partial charge on any atom is 0.286 e. The summed E-state index contributed by atoms with van der Waals surface area (Å²) >= 11 is 0. The van der Waals surface area contributed by atoms with Crippen LogP contribution < -0.4 is 33.9 Å². The molecule has 3 aromatic rings. The summed E-state index contributed by atoms with van der Waals surface area (Å²) in [5.41, 5.74) is 3.47. The minimum Gasteiger partial charge on any atom is -1.00 e. The van der Waals surface area contributed by atoms with Crippen molar-refractivity contribution in [2.24, 2.45) is 0 Å². The Labute approximate surface area is 180 Å². The van der Waals surface area contributed by atoms with Crippen LogP contribution in [0.5, 0.6) is 0 Å². The molecule has 1 aromatic heterocycles. The number of anilines is 1. The largest absolute Gasteiger partial charge is 1.00 e. The summed E-state index contributed by atoms with van der Waals surface area (Å²) in [5, 5.41) is 3.19. The zero-order chi connectivity index (χ0) is 18.8. The van der Waals surface area contributed by atoms with Gasteiger partial charge in [-0.15, -0.1) is 0 Å². The van der Waals surface area contributed by atoms with Crippen molar-refractivity contribution in [3.05, 3.63) is 102 Å². The van der Waals surface area contributed by atoms with E-state index >= 15 is 0 Å². The number of fused-ring (bicyclic) bond motifs is 1. The van der Waals surface area contributed by atoms with Crippen LogP contribution >= 0.6 is 0 Å². The Hall–Kier alpha value is -2.80. The molecule has 28 heavy (non-hydrogen) atoms. The molecule has 1 aliphatic rings. The topological polar surface area (TPSA) is 50.1 Å². The third kappa shape index (κ3) is 3.62. The van der Waals surface area contributed by atoms with E-state index in [1.807, 2.05) is 42.5 Å². The molecule has 0 aliphatic heterocycles. The van der Waals surface area contributed by atoms with Gasteiger partial charge in [0.25, 0.3) is 11.5 Å². The Morgan fingerprint density at radius 2 is 1.39 bits per heavy atom. The Bertz CT molecular complexity index is 1060.